The van der Waals surface area contributed by atoms with E-state index >= 15 is 0 Å². The van der Waals surface area contributed by atoms with Gasteiger partial charge < -0.3 is 20.3 Å². The highest BCUT2D eigenvalue weighted by Gasteiger charge is 2.19. The molecule has 0 aliphatic carbocycles. The summed E-state index contributed by atoms with van der Waals surface area (Å²) in [6.45, 7) is 5.83. The molecule has 2 N–H and O–H groups in total. The molecule has 2 aliphatic rings. The largest absolute Gasteiger partial charge is 0.382 e. The van der Waals surface area contributed by atoms with Gasteiger partial charge in [-0.25, -0.2) is 0 Å². The van der Waals surface area contributed by atoms with Crippen molar-refractivity contribution in [1.29, 1.82) is 0 Å². The molecule has 2 aliphatic heterocycles. The number of benzene rings is 1. The Morgan fingerprint density at radius 1 is 1.37 bits per heavy atom. The molecule has 1 fully saturated rings. The molecule has 0 spiro atoms. The third-order valence-corrected chi connectivity index (χ3v) is 4.24. The molecule has 0 radical (unpaired) electrons. The topological polar surface area (TPSA) is 36.5 Å². The monoisotopic (exact) mass is 325 g/mol. The minimum absolute atomic E-state index is 0.499. The normalized spacial score (nSPS) is 22.8. The number of nitrogens with zero attached hydrogens (tertiary/aromatic N) is 1. The second-order valence-corrected chi connectivity index (χ2v) is 6.01. The third-order valence-electron chi connectivity index (χ3n) is 3.74. The summed E-state index contributed by atoms with van der Waals surface area (Å²) in [5.74, 6) is 0. The van der Waals surface area contributed by atoms with Crippen LogP contribution in [0.25, 0.3) is 0 Å². The lowest BCUT2D eigenvalue weighted by molar-refractivity contribution is 0.0748. The summed E-state index contributed by atoms with van der Waals surface area (Å²) in [5.41, 5.74) is 2.54. The van der Waals surface area contributed by atoms with Gasteiger partial charge in [0, 0.05) is 36.7 Å². The Kier molecular flexibility index (Phi) is 4.25. The molecule has 0 bridgehead atoms. The average Bonchev–Trinajstić information content (AvgIpc) is 2.46. The predicted molar refractivity (Wildman–Crippen MR) is 82.1 cm³/mol. The van der Waals surface area contributed by atoms with E-state index in [0.717, 1.165) is 50.3 Å². The molecule has 1 atom stereocenters. The van der Waals surface area contributed by atoms with Crippen LogP contribution in [-0.2, 0) is 4.74 Å². The first-order valence-corrected chi connectivity index (χ1v) is 7.72. The zero-order valence-corrected chi connectivity index (χ0v) is 12.6. The van der Waals surface area contributed by atoms with Gasteiger partial charge in [-0.15, -0.1) is 0 Å². The number of nitrogens with one attached hydrogen (secondary N) is 2. The maximum Gasteiger partial charge on any atom is 0.0620 e. The van der Waals surface area contributed by atoms with E-state index in [1.807, 2.05) is 0 Å². The summed E-state index contributed by atoms with van der Waals surface area (Å²) < 4.78 is 6.65. The second-order valence-electron chi connectivity index (χ2n) is 5.09. The number of rotatable bonds is 3. The van der Waals surface area contributed by atoms with Crippen LogP contribution in [0.2, 0.25) is 0 Å². The van der Waals surface area contributed by atoms with E-state index in [1.165, 1.54) is 11.4 Å². The summed E-state index contributed by atoms with van der Waals surface area (Å²) in [6, 6.07) is 6.94. The van der Waals surface area contributed by atoms with Gasteiger partial charge in [-0.3, -0.25) is 0 Å². The summed E-state index contributed by atoms with van der Waals surface area (Å²) in [6.07, 6.45) is 1.13. The molecule has 1 aromatic rings. The molecule has 1 aromatic carbocycles. The fourth-order valence-electron chi connectivity index (χ4n) is 2.71. The van der Waals surface area contributed by atoms with Gasteiger partial charge in [-0.05, 0) is 24.6 Å². The quantitative estimate of drug-likeness (QED) is 0.892. The number of fused-ring (bicyclic) bond motifs is 1. The summed E-state index contributed by atoms with van der Waals surface area (Å²) in [5, 5.41) is 6.97. The second kappa shape index (κ2) is 6.11. The molecule has 3 rings (SSSR count). The SMILES string of the molecule is Brc1ccc2c(c1)N(CCC1COCCN1)CCN2. The van der Waals surface area contributed by atoms with Crippen molar-refractivity contribution >= 4 is 27.3 Å². The molecule has 104 valence electrons. The van der Waals surface area contributed by atoms with Gasteiger partial charge in [0.25, 0.3) is 0 Å². The van der Waals surface area contributed by atoms with Crippen LogP contribution in [-0.4, -0.2) is 45.4 Å². The van der Waals surface area contributed by atoms with Crippen molar-refractivity contribution in [3.63, 3.8) is 0 Å². The third kappa shape index (κ3) is 3.22. The summed E-state index contributed by atoms with van der Waals surface area (Å²) in [4.78, 5) is 2.47. The molecule has 2 heterocycles. The molecular weight excluding hydrogens is 306 g/mol. The van der Waals surface area contributed by atoms with Gasteiger partial charge in [0.1, 0.15) is 0 Å². The maximum absolute atomic E-state index is 5.51. The van der Waals surface area contributed by atoms with Crippen molar-refractivity contribution in [2.45, 2.75) is 12.5 Å². The van der Waals surface area contributed by atoms with Crippen LogP contribution in [0, 0.1) is 0 Å². The Labute approximate surface area is 122 Å². The Balaban J connectivity index is 1.64. The van der Waals surface area contributed by atoms with Crippen molar-refractivity contribution in [3.05, 3.63) is 22.7 Å². The first-order valence-electron chi connectivity index (χ1n) is 6.92. The predicted octanol–water partition coefficient (Wildman–Crippen LogP) is 2.06. The van der Waals surface area contributed by atoms with Crippen LogP contribution >= 0.6 is 15.9 Å². The van der Waals surface area contributed by atoms with Gasteiger partial charge in [0.2, 0.25) is 0 Å². The Bertz CT molecular complexity index is 435. The van der Waals surface area contributed by atoms with Gasteiger partial charge in [0.15, 0.2) is 0 Å². The first kappa shape index (κ1) is 13.2. The Morgan fingerprint density at radius 3 is 3.16 bits per heavy atom. The number of ether oxygens (including phenoxy) is 1. The van der Waals surface area contributed by atoms with E-state index in [9.17, 15) is 0 Å². The molecule has 0 amide bonds. The van der Waals surface area contributed by atoms with E-state index < -0.39 is 0 Å². The van der Waals surface area contributed by atoms with Gasteiger partial charge in [0.05, 0.1) is 24.6 Å². The van der Waals surface area contributed by atoms with Crippen LogP contribution in [0.1, 0.15) is 6.42 Å². The molecule has 0 aromatic heterocycles. The van der Waals surface area contributed by atoms with E-state index in [4.69, 9.17) is 4.74 Å². The standard InChI is InChI=1S/C14H20BrN3O/c15-11-1-2-13-14(9-11)18(7-4-17-13)6-3-12-10-19-8-5-16-12/h1-2,9,12,16-17H,3-8,10H2. The molecule has 19 heavy (non-hydrogen) atoms. The number of halogens is 1. The van der Waals surface area contributed by atoms with Crippen LogP contribution in [0.5, 0.6) is 0 Å². The van der Waals surface area contributed by atoms with Crippen molar-refractivity contribution in [2.75, 3.05) is 49.6 Å². The summed E-state index contributed by atoms with van der Waals surface area (Å²) in [7, 11) is 0. The number of anilines is 2. The minimum Gasteiger partial charge on any atom is -0.382 e. The lowest BCUT2D eigenvalue weighted by atomic mass is 10.1. The zero-order valence-electron chi connectivity index (χ0n) is 11.0. The molecule has 1 saturated heterocycles. The van der Waals surface area contributed by atoms with E-state index in [0.29, 0.717) is 6.04 Å². The van der Waals surface area contributed by atoms with Crippen molar-refractivity contribution in [3.8, 4) is 0 Å². The van der Waals surface area contributed by atoms with Gasteiger partial charge in [-0.2, -0.15) is 0 Å². The maximum atomic E-state index is 5.51. The van der Waals surface area contributed by atoms with Crippen LogP contribution in [0.3, 0.4) is 0 Å². The van der Waals surface area contributed by atoms with Crippen LogP contribution < -0.4 is 15.5 Å². The van der Waals surface area contributed by atoms with Gasteiger partial charge >= 0.3 is 0 Å². The Hall–Kier alpha value is -0.780. The zero-order chi connectivity index (χ0) is 13.1. The highest BCUT2D eigenvalue weighted by Crippen LogP contribution is 2.31. The Morgan fingerprint density at radius 2 is 2.32 bits per heavy atom. The smallest absolute Gasteiger partial charge is 0.0620 e. The van der Waals surface area contributed by atoms with Gasteiger partial charge in [-0.1, -0.05) is 15.9 Å². The minimum atomic E-state index is 0.499. The van der Waals surface area contributed by atoms with Crippen molar-refractivity contribution < 1.29 is 4.74 Å². The molecule has 0 saturated carbocycles. The summed E-state index contributed by atoms with van der Waals surface area (Å²) >= 11 is 3.56. The van der Waals surface area contributed by atoms with Crippen molar-refractivity contribution in [1.82, 2.24) is 5.32 Å². The number of hydrogen-bond acceptors (Lipinski definition) is 4. The van der Waals surface area contributed by atoms with E-state index in [-0.39, 0.29) is 0 Å². The van der Waals surface area contributed by atoms with Crippen molar-refractivity contribution in [2.24, 2.45) is 0 Å². The van der Waals surface area contributed by atoms with E-state index in [1.54, 1.807) is 0 Å². The fourth-order valence-corrected chi connectivity index (χ4v) is 3.06. The first-order chi connectivity index (χ1) is 9.33. The number of morpholine rings is 1. The molecule has 5 heteroatoms. The van der Waals surface area contributed by atoms with Crippen LogP contribution in [0.4, 0.5) is 11.4 Å². The number of hydrogen-bond donors (Lipinski definition) is 2. The van der Waals surface area contributed by atoms with Crippen LogP contribution in [0.15, 0.2) is 22.7 Å². The highest BCUT2D eigenvalue weighted by molar-refractivity contribution is 9.10. The lowest BCUT2D eigenvalue weighted by Crippen LogP contribution is -2.44. The highest BCUT2D eigenvalue weighted by atomic mass is 79.9. The average molecular weight is 326 g/mol. The fraction of sp³-hybridized carbons (Fsp3) is 0.571. The molecule has 1 unspecified atom stereocenters. The molecular formula is C14H20BrN3O. The van der Waals surface area contributed by atoms with E-state index in [2.05, 4.69) is 49.7 Å². The lowest BCUT2D eigenvalue weighted by Gasteiger charge is -2.34. The molecule has 4 nitrogen and oxygen atoms in total.